The molecule has 1 amide bonds. The van der Waals surface area contributed by atoms with Crippen molar-refractivity contribution < 1.29 is 24.2 Å². The van der Waals surface area contributed by atoms with Gasteiger partial charge >= 0.3 is 5.97 Å². The average Bonchev–Trinajstić information content (AvgIpc) is 3.29. The van der Waals surface area contributed by atoms with E-state index in [2.05, 4.69) is 21.2 Å². The number of nitrogens with one attached hydrogen (secondary N) is 1. The van der Waals surface area contributed by atoms with E-state index in [0.717, 1.165) is 53.5 Å². The number of carbonyl (C=O) groups excluding carboxylic acids is 1. The van der Waals surface area contributed by atoms with Crippen LogP contribution >= 0.6 is 15.9 Å². The maximum Gasteiger partial charge on any atom is 0.326 e. The average molecular weight is 588 g/mol. The molecule has 1 heterocycles. The molecule has 206 valence electrons. The van der Waals surface area contributed by atoms with Gasteiger partial charge in [-0.3, -0.25) is 4.79 Å². The van der Waals surface area contributed by atoms with Gasteiger partial charge in [0.15, 0.2) is 0 Å². The number of hydrogen-bond acceptors (Lipinski definition) is 5. The van der Waals surface area contributed by atoms with Gasteiger partial charge in [-0.15, -0.1) is 0 Å². The van der Waals surface area contributed by atoms with Crippen molar-refractivity contribution >= 4 is 27.8 Å². The highest BCUT2D eigenvalue weighted by Gasteiger charge is 2.59. The third-order valence-electron chi connectivity index (χ3n) is 8.37. The molecule has 1 aliphatic heterocycles. The van der Waals surface area contributed by atoms with Gasteiger partial charge in [-0.05, 0) is 50.5 Å². The molecular weight excluding hydrogens is 548 g/mol. The van der Waals surface area contributed by atoms with E-state index in [1.165, 1.54) is 0 Å². The molecule has 0 unspecified atom stereocenters. The maximum absolute atomic E-state index is 14.2. The van der Waals surface area contributed by atoms with E-state index in [0.29, 0.717) is 6.54 Å². The van der Waals surface area contributed by atoms with Crippen LogP contribution in [0.4, 0.5) is 0 Å². The predicted molar refractivity (Wildman–Crippen MR) is 150 cm³/mol. The molecule has 2 aromatic carbocycles. The highest BCUT2D eigenvalue weighted by atomic mass is 79.9. The van der Waals surface area contributed by atoms with Crippen molar-refractivity contribution in [2.24, 2.45) is 11.8 Å². The van der Waals surface area contributed by atoms with Crippen LogP contribution in [0.2, 0.25) is 0 Å². The highest BCUT2D eigenvalue weighted by Crippen LogP contribution is 2.47. The van der Waals surface area contributed by atoms with E-state index in [9.17, 15) is 14.7 Å². The molecule has 1 saturated heterocycles. The zero-order valence-electron chi connectivity index (χ0n) is 22.7. The van der Waals surface area contributed by atoms with Gasteiger partial charge in [0.25, 0.3) is 0 Å². The number of hydrogen-bond donors (Lipinski definition) is 2. The number of carboxylic acid groups (broad SMARTS) is 1. The number of carbonyl (C=O) groups is 2. The minimum Gasteiger partial charge on any atom is -0.496 e. The summed E-state index contributed by atoms with van der Waals surface area (Å²) in [5.41, 5.74) is 1.03. The van der Waals surface area contributed by atoms with Crippen LogP contribution in [0.3, 0.4) is 0 Å². The van der Waals surface area contributed by atoms with Gasteiger partial charge in [0.05, 0.1) is 18.8 Å². The summed E-state index contributed by atoms with van der Waals surface area (Å²) >= 11 is 3.55. The highest BCUT2D eigenvalue weighted by molar-refractivity contribution is 9.10. The number of carboxylic acids is 1. The second kappa shape index (κ2) is 12.2. The van der Waals surface area contributed by atoms with Crippen LogP contribution in [-0.2, 0) is 20.9 Å². The Bertz CT molecular complexity index is 1120. The maximum atomic E-state index is 14.2. The zero-order valence-corrected chi connectivity index (χ0v) is 24.2. The summed E-state index contributed by atoms with van der Waals surface area (Å²) in [5.74, 6) is -1.00. The molecule has 38 heavy (non-hydrogen) atoms. The van der Waals surface area contributed by atoms with Gasteiger partial charge in [-0.25, -0.2) is 4.79 Å². The SMILES string of the molecule is COc1ccc(Br)cc1CN[C@H]1[C@H](C(C)(C)OC)[C@@H](C(=O)O)N(C(=O)C2CCCCC2)[C@H]1c1ccccc1. The van der Waals surface area contributed by atoms with Crippen molar-refractivity contribution in [3.8, 4) is 5.75 Å². The lowest BCUT2D eigenvalue weighted by atomic mass is 9.79. The number of likely N-dealkylation sites (tertiary alicyclic amines) is 1. The van der Waals surface area contributed by atoms with E-state index >= 15 is 0 Å². The number of benzene rings is 2. The number of rotatable bonds is 9. The molecule has 0 radical (unpaired) electrons. The van der Waals surface area contributed by atoms with Gasteiger partial charge in [-0.2, -0.15) is 0 Å². The summed E-state index contributed by atoms with van der Waals surface area (Å²) < 4.78 is 12.5. The first kappa shape index (κ1) is 28.6. The Morgan fingerprint density at radius 1 is 1.08 bits per heavy atom. The van der Waals surface area contributed by atoms with Gasteiger partial charge in [0.1, 0.15) is 11.8 Å². The Morgan fingerprint density at radius 3 is 2.37 bits per heavy atom. The fraction of sp³-hybridized carbons (Fsp3) is 0.533. The van der Waals surface area contributed by atoms with Crippen molar-refractivity contribution in [3.63, 3.8) is 0 Å². The summed E-state index contributed by atoms with van der Waals surface area (Å²) in [5, 5.41) is 14.3. The number of amides is 1. The van der Waals surface area contributed by atoms with Crippen LogP contribution in [0.15, 0.2) is 53.0 Å². The third-order valence-corrected chi connectivity index (χ3v) is 8.86. The summed E-state index contributed by atoms with van der Waals surface area (Å²) in [6.07, 6.45) is 4.71. The molecule has 2 aromatic rings. The smallest absolute Gasteiger partial charge is 0.326 e. The lowest BCUT2D eigenvalue weighted by Crippen LogP contribution is -2.53. The van der Waals surface area contributed by atoms with Crippen LogP contribution < -0.4 is 10.1 Å². The molecule has 4 rings (SSSR count). The quantitative estimate of drug-likeness (QED) is 0.399. The summed E-state index contributed by atoms with van der Waals surface area (Å²) in [4.78, 5) is 28.9. The van der Waals surface area contributed by atoms with E-state index in [-0.39, 0.29) is 17.9 Å². The summed E-state index contributed by atoms with van der Waals surface area (Å²) in [6, 6.07) is 13.7. The number of methoxy groups -OCH3 is 2. The van der Waals surface area contributed by atoms with Crippen molar-refractivity contribution in [3.05, 3.63) is 64.1 Å². The van der Waals surface area contributed by atoms with Gasteiger partial charge in [0.2, 0.25) is 5.91 Å². The van der Waals surface area contributed by atoms with Crippen LogP contribution in [0.25, 0.3) is 0 Å². The molecule has 1 aliphatic carbocycles. The first-order valence-corrected chi connectivity index (χ1v) is 14.2. The first-order chi connectivity index (χ1) is 18.2. The van der Waals surface area contributed by atoms with Crippen LogP contribution in [0, 0.1) is 11.8 Å². The zero-order chi connectivity index (χ0) is 27.4. The number of halogens is 1. The monoisotopic (exact) mass is 586 g/mol. The van der Waals surface area contributed by atoms with Gasteiger partial charge in [-0.1, -0.05) is 65.5 Å². The molecular formula is C30H39BrN2O5. The molecule has 7 nitrogen and oxygen atoms in total. The van der Waals surface area contributed by atoms with E-state index in [1.54, 1.807) is 19.1 Å². The third kappa shape index (κ3) is 5.77. The molecule has 1 saturated carbocycles. The molecule has 4 atom stereocenters. The Labute approximate surface area is 234 Å². The number of ether oxygens (including phenoxy) is 2. The topological polar surface area (TPSA) is 88.1 Å². The van der Waals surface area contributed by atoms with Gasteiger partial charge in [0, 0.05) is 41.6 Å². The predicted octanol–water partition coefficient (Wildman–Crippen LogP) is 5.57. The van der Waals surface area contributed by atoms with Crippen molar-refractivity contribution in [2.45, 2.75) is 76.2 Å². The molecule has 0 bridgehead atoms. The summed E-state index contributed by atoms with van der Waals surface area (Å²) in [7, 11) is 3.24. The van der Waals surface area contributed by atoms with E-state index < -0.39 is 29.6 Å². The largest absolute Gasteiger partial charge is 0.496 e. The van der Waals surface area contributed by atoms with Gasteiger partial charge < -0.3 is 24.8 Å². The Kier molecular flexibility index (Phi) is 9.16. The van der Waals surface area contributed by atoms with Crippen molar-refractivity contribution in [2.75, 3.05) is 14.2 Å². The van der Waals surface area contributed by atoms with E-state index in [1.807, 2.05) is 62.4 Å². The lowest BCUT2D eigenvalue weighted by Gasteiger charge is -2.37. The van der Waals surface area contributed by atoms with Crippen molar-refractivity contribution in [1.29, 1.82) is 0 Å². The Hall–Kier alpha value is -2.42. The number of aliphatic carboxylic acids is 1. The first-order valence-electron chi connectivity index (χ1n) is 13.4. The standard InChI is InChI=1S/C30H39BrN2O5/c1-30(2,38-4)24-25(32-18-21-17-22(31)15-16-23(21)37-3)26(19-11-7-5-8-12-19)33(27(24)29(35)36)28(34)20-13-9-6-10-14-20/h5,7-8,11-12,15-17,20,24-27,32H,6,9-10,13-14,18H2,1-4H3,(H,35,36)/t24-,25-,26-,27-/m0/s1. The Balaban J connectivity index is 1.83. The van der Waals surface area contributed by atoms with Crippen molar-refractivity contribution in [1.82, 2.24) is 10.2 Å². The second-order valence-electron chi connectivity index (χ2n) is 10.9. The Morgan fingerprint density at radius 2 is 1.76 bits per heavy atom. The van der Waals surface area contributed by atoms with E-state index in [4.69, 9.17) is 9.47 Å². The molecule has 8 heteroatoms. The molecule has 2 aliphatic rings. The second-order valence-corrected chi connectivity index (χ2v) is 11.8. The fourth-order valence-corrected chi connectivity index (χ4v) is 6.75. The van der Waals surface area contributed by atoms with Crippen LogP contribution in [0.5, 0.6) is 5.75 Å². The molecule has 0 spiro atoms. The van der Waals surface area contributed by atoms with Crippen LogP contribution in [-0.4, -0.2) is 53.8 Å². The molecule has 2 fully saturated rings. The normalized spacial score (nSPS) is 24.4. The molecule has 2 N–H and O–H groups in total. The minimum absolute atomic E-state index is 0.0628. The van der Waals surface area contributed by atoms with Crippen LogP contribution in [0.1, 0.15) is 63.1 Å². The lowest BCUT2D eigenvalue weighted by molar-refractivity contribution is -0.156. The number of nitrogens with zero attached hydrogens (tertiary/aromatic N) is 1. The fourth-order valence-electron chi connectivity index (χ4n) is 6.34. The molecule has 0 aromatic heterocycles. The summed E-state index contributed by atoms with van der Waals surface area (Å²) in [6.45, 7) is 4.27. The minimum atomic E-state index is -1.04.